The Balaban J connectivity index is 1.79. The molecule has 0 saturated carbocycles. The molecule has 0 saturated heterocycles. The average molecular weight is 416 g/mol. The molecule has 0 spiro atoms. The van der Waals surface area contributed by atoms with E-state index in [0.29, 0.717) is 42.3 Å². The molecule has 29 heavy (non-hydrogen) atoms. The molecule has 1 aliphatic heterocycles. The zero-order chi connectivity index (χ0) is 21.2. The van der Waals surface area contributed by atoms with Crippen LogP contribution in [-0.4, -0.2) is 25.0 Å². The first-order chi connectivity index (χ1) is 13.5. The maximum atomic E-state index is 12.9. The van der Waals surface area contributed by atoms with Gasteiger partial charge in [-0.2, -0.15) is 26.3 Å². The number of aliphatic imine (C=N–C) groups is 1. The van der Waals surface area contributed by atoms with Crippen LogP contribution in [0.3, 0.4) is 0 Å². The second kappa shape index (κ2) is 7.64. The summed E-state index contributed by atoms with van der Waals surface area (Å²) in [4.78, 5) is 16.3. The summed E-state index contributed by atoms with van der Waals surface area (Å²) in [5, 5.41) is 7.43. The molecule has 0 aliphatic carbocycles. The number of halogens is 6. The Labute approximate surface area is 160 Å². The van der Waals surface area contributed by atoms with E-state index in [1.807, 2.05) is 5.32 Å². The summed E-state index contributed by atoms with van der Waals surface area (Å²) >= 11 is 0. The number of nitrogens with one attached hydrogen (secondary N) is 3. The van der Waals surface area contributed by atoms with Crippen molar-refractivity contribution in [2.75, 3.05) is 23.7 Å². The van der Waals surface area contributed by atoms with Crippen LogP contribution in [0.25, 0.3) is 0 Å². The highest BCUT2D eigenvalue weighted by Gasteiger charge is 2.37. The molecule has 3 rings (SSSR count). The third-order valence-electron chi connectivity index (χ3n) is 3.91. The minimum absolute atomic E-state index is 0.0120. The number of hydrogen-bond acceptors (Lipinski definition) is 3. The van der Waals surface area contributed by atoms with Crippen molar-refractivity contribution in [1.82, 2.24) is 5.32 Å². The molecule has 11 heteroatoms. The lowest BCUT2D eigenvalue weighted by Gasteiger charge is -2.15. The van der Waals surface area contributed by atoms with Crippen molar-refractivity contribution in [3.05, 3.63) is 59.2 Å². The number of benzene rings is 2. The van der Waals surface area contributed by atoms with Gasteiger partial charge < -0.3 is 16.0 Å². The summed E-state index contributed by atoms with van der Waals surface area (Å²) in [6, 6.07) is 6.32. The molecule has 0 bridgehead atoms. The molecule has 0 aromatic heterocycles. The molecule has 5 nitrogen and oxygen atoms in total. The van der Waals surface area contributed by atoms with Gasteiger partial charge in [-0.05, 0) is 30.3 Å². The molecular formula is C18H14F6N4O. The van der Waals surface area contributed by atoms with Gasteiger partial charge in [0.25, 0.3) is 0 Å². The van der Waals surface area contributed by atoms with Crippen molar-refractivity contribution in [3.63, 3.8) is 0 Å². The first-order valence-corrected chi connectivity index (χ1v) is 8.28. The number of hydrogen-bond donors (Lipinski definition) is 3. The number of carbonyl (C=O) groups is 1. The second-order valence-corrected chi connectivity index (χ2v) is 6.11. The SMILES string of the molecule is O=C(Nc1cccc(C2=NCCN2)c1)Nc1cc(C(F)(F)F)cc(C(F)(F)F)c1. The Morgan fingerprint density at radius 2 is 1.52 bits per heavy atom. The van der Waals surface area contributed by atoms with Crippen molar-refractivity contribution in [2.24, 2.45) is 4.99 Å². The zero-order valence-corrected chi connectivity index (χ0v) is 14.6. The van der Waals surface area contributed by atoms with Crippen LogP contribution >= 0.6 is 0 Å². The highest BCUT2D eigenvalue weighted by Crippen LogP contribution is 2.37. The van der Waals surface area contributed by atoms with E-state index in [0.717, 1.165) is 0 Å². The molecule has 2 aromatic carbocycles. The Kier molecular flexibility index (Phi) is 5.40. The van der Waals surface area contributed by atoms with E-state index < -0.39 is 35.2 Å². The molecule has 2 aromatic rings. The van der Waals surface area contributed by atoms with Crippen molar-refractivity contribution < 1.29 is 31.1 Å². The topological polar surface area (TPSA) is 65.5 Å². The lowest BCUT2D eigenvalue weighted by Crippen LogP contribution is -2.22. The van der Waals surface area contributed by atoms with Gasteiger partial charge in [-0.15, -0.1) is 0 Å². The quantitative estimate of drug-likeness (QED) is 0.634. The minimum atomic E-state index is -5.00. The molecule has 0 unspecified atom stereocenters. The molecule has 1 heterocycles. The summed E-state index contributed by atoms with van der Waals surface area (Å²) in [6.45, 7) is 1.27. The molecule has 0 fully saturated rings. The van der Waals surface area contributed by atoms with Crippen LogP contribution in [0.2, 0.25) is 0 Å². The van der Waals surface area contributed by atoms with E-state index in [1.54, 1.807) is 18.2 Å². The first kappa shape index (κ1) is 20.5. The van der Waals surface area contributed by atoms with Gasteiger partial charge in [-0.1, -0.05) is 12.1 Å². The van der Waals surface area contributed by atoms with Gasteiger partial charge >= 0.3 is 18.4 Å². The fourth-order valence-electron chi connectivity index (χ4n) is 2.66. The lowest BCUT2D eigenvalue weighted by atomic mass is 10.1. The van der Waals surface area contributed by atoms with Gasteiger partial charge in [-0.3, -0.25) is 4.99 Å². The van der Waals surface area contributed by atoms with Crippen LogP contribution in [-0.2, 0) is 12.4 Å². The van der Waals surface area contributed by atoms with Crippen LogP contribution in [0.15, 0.2) is 47.5 Å². The van der Waals surface area contributed by atoms with Crippen LogP contribution < -0.4 is 16.0 Å². The number of alkyl halides is 6. The zero-order valence-electron chi connectivity index (χ0n) is 14.6. The average Bonchev–Trinajstić information content (AvgIpc) is 3.15. The standard InChI is InChI=1S/C18H14F6N4O/c19-17(20,21)11-7-12(18(22,23)24)9-14(8-11)28-16(29)27-13-3-1-2-10(6-13)15-25-4-5-26-15/h1-3,6-9H,4-5H2,(H,25,26)(H2,27,28,29). The van der Waals surface area contributed by atoms with Crippen LogP contribution in [0.5, 0.6) is 0 Å². The van der Waals surface area contributed by atoms with Gasteiger partial charge in [0.05, 0.1) is 17.7 Å². The smallest absolute Gasteiger partial charge is 0.368 e. The van der Waals surface area contributed by atoms with Crippen LogP contribution in [0.1, 0.15) is 16.7 Å². The van der Waals surface area contributed by atoms with E-state index in [2.05, 4.69) is 15.6 Å². The molecular weight excluding hydrogens is 402 g/mol. The summed E-state index contributed by atoms with van der Waals surface area (Å²) in [5.74, 6) is 0.627. The summed E-state index contributed by atoms with van der Waals surface area (Å²) in [6.07, 6.45) is -10.0. The number of urea groups is 1. The van der Waals surface area contributed by atoms with Gasteiger partial charge in [0, 0.05) is 23.5 Å². The highest BCUT2D eigenvalue weighted by molar-refractivity contribution is 6.03. The highest BCUT2D eigenvalue weighted by atomic mass is 19.4. The van der Waals surface area contributed by atoms with Crippen LogP contribution in [0.4, 0.5) is 42.5 Å². The largest absolute Gasteiger partial charge is 0.416 e. The van der Waals surface area contributed by atoms with E-state index in [9.17, 15) is 31.1 Å². The summed E-state index contributed by atoms with van der Waals surface area (Å²) in [5.41, 5.74) is -2.70. The number of nitrogens with zero attached hydrogens (tertiary/aromatic N) is 1. The fraction of sp³-hybridized carbons (Fsp3) is 0.222. The maximum Gasteiger partial charge on any atom is 0.416 e. The number of amides is 2. The van der Waals surface area contributed by atoms with Crippen molar-refractivity contribution in [3.8, 4) is 0 Å². The normalized spacial score (nSPS) is 14.2. The number of carbonyl (C=O) groups excluding carboxylic acids is 1. The Bertz CT molecular complexity index is 920. The molecule has 0 radical (unpaired) electrons. The summed E-state index contributed by atoms with van der Waals surface area (Å²) in [7, 11) is 0. The second-order valence-electron chi connectivity index (χ2n) is 6.11. The maximum absolute atomic E-state index is 12.9. The van der Waals surface area contributed by atoms with Gasteiger partial charge in [-0.25, -0.2) is 4.79 Å². The molecule has 0 atom stereocenters. The number of rotatable bonds is 3. The van der Waals surface area contributed by atoms with E-state index in [4.69, 9.17) is 0 Å². The third kappa shape index (κ3) is 5.18. The molecule has 3 N–H and O–H groups in total. The predicted molar refractivity (Wildman–Crippen MR) is 94.9 cm³/mol. The molecule has 1 aliphatic rings. The Morgan fingerprint density at radius 1 is 0.897 bits per heavy atom. The Hall–Kier alpha value is -3.24. The van der Waals surface area contributed by atoms with E-state index >= 15 is 0 Å². The van der Waals surface area contributed by atoms with Crippen molar-refractivity contribution in [2.45, 2.75) is 12.4 Å². The Morgan fingerprint density at radius 3 is 2.07 bits per heavy atom. The monoisotopic (exact) mass is 416 g/mol. The molecule has 154 valence electrons. The molecule has 2 amide bonds. The fourth-order valence-corrected chi connectivity index (χ4v) is 2.66. The predicted octanol–water partition coefficient (Wildman–Crippen LogP) is 4.72. The van der Waals surface area contributed by atoms with E-state index in [-0.39, 0.29) is 6.07 Å². The lowest BCUT2D eigenvalue weighted by molar-refractivity contribution is -0.143. The van der Waals surface area contributed by atoms with Crippen molar-refractivity contribution >= 4 is 23.2 Å². The van der Waals surface area contributed by atoms with Gasteiger partial charge in [0.1, 0.15) is 5.84 Å². The first-order valence-electron chi connectivity index (χ1n) is 8.28. The van der Waals surface area contributed by atoms with Crippen LogP contribution in [0, 0.1) is 0 Å². The van der Waals surface area contributed by atoms with Gasteiger partial charge in [0.15, 0.2) is 0 Å². The minimum Gasteiger partial charge on any atom is -0.368 e. The third-order valence-corrected chi connectivity index (χ3v) is 3.91. The number of anilines is 2. The van der Waals surface area contributed by atoms with Crippen molar-refractivity contribution in [1.29, 1.82) is 0 Å². The summed E-state index contributed by atoms with van der Waals surface area (Å²) < 4.78 is 77.4. The number of amidine groups is 1. The van der Waals surface area contributed by atoms with E-state index in [1.165, 1.54) is 6.07 Å². The van der Waals surface area contributed by atoms with Gasteiger partial charge in [0.2, 0.25) is 0 Å².